The SMILES string of the molecule is CC(C)C(C)c1nc(=O)c(-c2ccc(CNCCCNC(=N)N)cc2)c[nH]1. The molecular formula is C20H30N6O. The molecule has 0 spiro atoms. The van der Waals surface area contributed by atoms with Gasteiger partial charge in [-0.05, 0) is 30.0 Å². The number of guanidine groups is 1. The summed E-state index contributed by atoms with van der Waals surface area (Å²) in [6, 6.07) is 7.93. The van der Waals surface area contributed by atoms with Gasteiger partial charge in [0.05, 0.1) is 5.56 Å². The Labute approximate surface area is 160 Å². The predicted octanol–water partition coefficient (Wildman–Crippen LogP) is 2.16. The molecule has 2 aromatic rings. The average molecular weight is 371 g/mol. The van der Waals surface area contributed by atoms with Crippen LogP contribution < -0.4 is 21.9 Å². The van der Waals surface area contributed by atoms with Gasteiger partial charge in [-0.1, -0.05) is 45.0 Å². The maximum absolute atomic E-state index is 12.4. The topological polar surface area (TPSA) is 120 Å². The van der Waals surface area contributed by atoms with E-state index in [-0.39, 0.29) is 17.4 Å². The van der Waals surface area contributed by atoms with Crippen molar-refractivity contribution in [2.24, 2.45) is 11.7 Å². The first-order valence-corrected chi connectivity index (χ1v) is 9.36. The Morgan fingerprint density at radius 3 is 2.52 bits per heavy atom. The Kier molecular flexibility index (Phi) is 7.55. The van der Waals surface area contributed by atoms with Crippen LogP contribution in [0.1, 0.15) is 44.5 Å². The molecule has 0 radical (unpaired) electrons. The van der Waals surface area contributed by atoms with E-state index < -0.39 is 0 Å². The van der Waals surface area contributed by atoms with Crippen LogP contribution in [0, 0.1) is 11.3 Å². The van der Waals surface area contributed by atoms with Gasteiger partial charge < -0.3 is 21.4 Å². The maximum atomic E-state index is 12.4. The molecule has 0 saturated heterocycles. The lowest BCUT2D eigenvalue weighted by Crippen LogP contribution is -2.32. The number of rotatable bonds is 9. The number of nitrogens with one attached hydrogen (secondary N) is 4. The Morgan fingerprint density at radius 2 is 1.93 bits per heavy atom. The van der Waals surface area contributed by atoms with Crippen LogP contribution in [-0.2, 0) is 6.54 Å². The highest BCUT2D eigenvalue weighted by Crippen LogP contribution is 2.21. The highest BCUT2D eigenvalue weighted by molar-refractivity contribution is 5.74. The van der Waals surface area contributed by atoms with Gasteiger partial charge in [0, 0.05) is 25.2 Å². The average Bonchev–Trinajstić information content (AvgIpc) is 2.64. The zero-order valence-electron chi connectivity index (χ0n) is 16.3. The highest BCUT2D eigenvalue weighted by atomic mass is 16.1. The molecule has 0 aliphatic heterocycles. The molecule has 7 nitrogen and oxygen atoms in total. The minimum absolute atomic E-state index is 0.00163. The number of aromatic amines is 1. The first kappa shape index (κ1) is 20.6. The fraction of sp³-hybridized carbons (Fsp3) is 0.450. The molecule has 0 saturated carbocycles. The van der Waals surface area contributed by atoms with E-state index in [0.29, 0.717) is 18.0 Å². The van der Waals surface area contributed by atoms with Crippen molar-refractivity contribution < 1.29 is 0 Å². The normalized spacial score (nSPS) is 12.1. The zero-order valence-corrected chi connectivity index (χ0v) is 16.3. The number of hydrogen-bond acceptors (Lipinski definition) is 4. The number of nitrogens with zero attached hydrogens (tertiary/aromatic N) is 1. The van der Waals surface area contributed by atoms with Gasteiger partial charge in [-0.2, -0.15) is 4.98 Å². The summed E-state index contributed by atoms with van der Waals surface area (Å²) in [4.78, 5) is 19.8. The molecule has 0 aliphatic carbocycles. The van der Waals surface area contributed by atoms with E-state index in [2.05, 4.69) is 41.4 Å². The third kappa shape index (κ3) is 6.21. The molecule has 0 amide bonds. The van der Waals surface area contributed by atoms with Crippen molar-refractivity contribution >= 4 is 5.96 Å². The summed E-state index contributed by atoms with van der Waals surface area (Å²) in [5.41, 5.74) is 7.63. The second-order valence-electron chi connectivity index (χ2n) is 7.10. The van der Waals surface area contributed by atoms with Crippen LogP contribution in [0.25, 0.3) is 11.1 Å². The van der Waals surface area contributed by atoms with Crippen LogP contribution in [0.3, 0.4) is 0 Å². The number of H-pyrrole nitrogens is 1. The lowest BCUT2D eigenvalue weighted by molar-refractivity contribution is 0.509. The fourth-order valence-electron chi connectivity index (χ4n) is 2.64. The highest BCUT2D eigenvalue weighted by Gasteiger charge is 2.14. The minimum Gasteiger partial charge on any atom is -0.370 e. The third-order valence-electron chi connectivity index (χ3n) is 4.69. The van der Waals surface area contributed by atoms with Gasteiger partial charge in [0.2, 0.25) is 0 Å². The second kappa shape index (κ2) is 9.87. The van der Waals surface area contributed by atoms with E-state index in [4.69, 9.17) is 11.1 Å². The standard InChI is InChI=1S/C20H30N6O/c1-13(2)14(3)18-25-12-17(19(27)26-18)16-7-5-15(6-8-16)11-23-9-4-10-24-20(21)22/h5-8,12-14,23H,4,9-11H2,1-3H3,(H4,21,22,24)(H,25,26,27). The van der Waals surface area contributed by atoms with E-state index in [0.717, 1.165) is 36.5 Å². The quantitative estimate of drug-likeness (QED) is 0.263. The Balaban J connectivity index is 1.93. The molecule has 1 aromatic heterocycles. The monoisotopic (exact) mass is 370 g/mol. The number of hydrogen-bond donors (Lipinski definition) is 5. The molecule has 2 rings (SSSR count). The van der Waals surface area contributed by atoms with Gasteiger partial charge in [0.15, 0.2) is 5.96 Å². The lowest BCUT2D eigenvalue weighted by atomic mass is 9.97. The molecule has 27 heavy (non-hydrogen) atoms. The van der Waals surface area contributed by atoms with Crippen molar-refractivity contribution in [2.45, 2.75) is 39.7 Å². The van der Waals surface area contributed by atoms with Crippen LogP contribution in [0.5, 0.6) is 0 Å². The van der Waals surface area contributed by atoms with Gasteiger partial charge in [-0.25, -0.2) is 0 Å². The summed E-state index contributed by atoms with van der Waals surface area (Å²) in [5.74, 6) is 1.37. The van der Waals surface area contributed by atoms with Crippen molar-refractivity contribution in [3.63, 3.8) is 0 Å². The summed E-state index contributed by atoms with van der Waals surface area (Å²) < 4.78 is 0. The molecule has 1 unspecified atom stereocenters. The molecule has 7 heteroatoms. The first-order chi connectivity index (χ1) is 12.9. The van der Waals surface area contributed by atoms with Gasteiger partial charge in [-0.15, -0.1) is 0 Å². The van der Waals surface area contributed by atoms with Gasteiger partial charge in [0.1, 0.15) is 5.82 Å². The summed E-state index contributed by atoms with van der Waals surface area (Å²) in [6.07, 6.45) is 2.65. The minimum atomic E-state index is -0.194. The fourth-order valence-corrected chi connectivity index (χ4v) is 2.64. The van der Waals surface area contributed by atoms with Crippen molar-refractivity contribution in [3.8, 4) is 11.1 Å². The van der Waals surface area contributed by atoms with Crippen LogP contribution in [-0.4, -0.2) is 29.0 Å². The van der Waals surface area contributed by atoms with Gasteiger partial charge in [-0.3, -0.25) is 10.2 Å². The summed E-state index contributed by atoms with van der Waals surface area (Å²) in [7, 11) is 0. The molecule has 0 bridgehead atoms. The molecule has 1 aromatic carbocycles. The van der Waals surface area contributed by atoms with Crippen LogP contribution in [0.4, 0.5) is 0 Å². The van der Waals surface area contributed by atoms with Gasteiger partial charge in [0.25, 0.3) is 5.56 Å². The Bertz CT molecular complexity index is 797. The second-order valence-corrected chi connectivity index (χ2v) is 7.10. The number of nitrogens with two attached hydrogens (primary N) is 1. The van der Waals surface area contributed by atoms with Crippen LogP contribution in [0.15, 0.2) is 35.3 Å². The molecular weight excluding hydrogens is 340 g/mol. The first-order valence-electron chi connectivity index (χ1n) is 9.36. The molecule has 1 atom stereocenters. The Hall–Kier alpha value is -2.67. The third-order valence-corrected chi connectivity index (χ3v) is 4.69. The summed E-state index contributed by atoms with van der Waals surface area (Å²) >= 11 is 0. The van der Waals surface area contributed by atoms with Crippen molar-refractivity contribution in [3.05, 3.63) is 52.2 Å². The molecule has 0 fully saturated rings. The van der Waals surface area contributed by atoms with Crippen molar-refractivity contribution in [2.75, 3.05) is 13.1 Å². The van der Waals surface area contributed by atoms with E-state index in [1.165, 1.54) is 0 Å². The molecule has 1 heterocycles. The van der Waals surface area contributed by atoms with Crippen molar-refractivity contribution in [1.29, 1.82) is 5.41 Å². The summed E-state index contributed by atoms with van der Waals surface area (Å²) in [5, 5.41) is 13.2. The largest absolute Gasteiger partial charge is 0.370 e. The molecule has 0 aliphatic rings. The smallest absolute Gasteiger partial charge is 0.280 e. The molecule has 6 N–H and O–H groups in total. The number of aromatic nitrogens is 2. The number of benzene rings is 1. The molecule has 146 valence electrons. The Morgan fingerprint density at radius 1 is 1.22 bits per heavy atom. The van der Waals surface area contributed by atoms with E-state index in [1.54, 1.807) is 6.20 Å². The maximum Gasteiger partial charge on any atom is 0.280 e. The van der Waals surface area contributed by atoms with Gasteiger partial charge >= 0.3 is 0 Å². The van der Waals surface area contributed by atoms with Crippen molar-refractivity contribution in [1.82, 2.24) is 20.6 Å². The lowest BCUT2D eigenvalue weighted by Gasteiger charge is -2.14. The predicted molar refractivity (Wildman–Crippen MR) is 110 cm³/mol. The summed E-state index contributed by atoms with van der Waals surface area (Å²) in [6.45, 7) is 8.57. The van der Waals surface area contributed by atoms with Crippen LogP contribution in [0.2, 0.25) is 0 Å². The van der Waals surface area contributed by atoms with E-state index in [1.807, 2.05) is 24.3 Å². The van der Waals surface area contributed by atoms with E-state index in [9.17, 15) is 4.79 Å². The van der Waals surface area contributed by atoms with E-state index >= 15 is 0 Å². The zero-order chi connectivity index (χ0) is 19.8. The van der Waals surface area contributed by atoms with Crippen LogP contribution >= 0.6 is 0 Å².